The van der Waals surface area contributed by atoms with Gasteiger partial charge in [0.15, 0.2) is 0 Å². The van der Waals surface area contributed by atoms with Crippen molar-refractivity contribution in [2.75, 3.05) is 13.1 Å². The molecular formula is C6H11F2NS. The minimum Gasteiger partial charge on any atom is -0.247 e. The van der Waals surface area contributed by atoms with E-state index in [-0.39, 0.29) is 6.54 Å². The fourth-order valence-electron chi connectivity index (χ4n) is 0.832. The zero-order valence-electron chi connectivity index (χ0n) is 5.63. The summed E-state index contributed by atoms with van der Waals surface area (Å²) >= 11 is 3.90. The summed E-state index contributed by atoms with van der Waals surface area (Å²) in [5.41, 5.74) is 0. The minimum absolute atomic E-state index is 0.209. The Bertz CT molecular complexity index is 102. The fraction of sp³-hybridized carbons (Fsp3) is 1.00. The van der Waals surface area contributed by atoms with Crippen molar-refractivity contribution in [3.63, 3.8) is 0 Å². The molecule has 60 valence electrons. The zero-order chi connectivity index (χ0) is 7.56. The van der Waals surface area contributed by atoms with Crippen LogP contribution in [0.15, 0.2) is 0 Å². The highest BCUT2D eigenvalue weighted by Crippen LogP contribution is 2.30. The van der Waals surface area contributed by atoms with Crippen LogP contribution in [0.5, 0.6) is 0 Å². The Morgan fingerprint density at radius 3 is 2.50 bits per heavy atom. The topological polar surface area (TPSA) is 3.24 Å². The molecule has 0 heterocycles. The van der Waals surface area contributed by atoms with Gasteiger partial charge < -0.3 is 0 Å². The Hall–Kier alpha value is 0.170. The summed E-state index contributed by atoms with van der Waals surface area (Å²) < 4.78 is 24.7. The second kappa shape index (κ2) is 3.53. The summed E-state index contributed by atoms with van der Waals surface area (Å²) in [5, 5.41) is 0. The van der Waals surface area contributed by atoms with Crippen molar-refractivity contribution in [3.8, 4) is 0 Å². The molecule has 0 aromatic carbocycles. The highest BCUT2D eigenvalue weighted by molar-refractivity contribution is 7.77. The molecule has 0 aliphatic heterocycles. The van der Waals surface area contributed by atoms with Gasteiger partial charge in [-0.3, -0.25) is 0 Å². The van der Waals surface area contributed by atoms with Gasteiger partial charge in [-0.1, -0.05) is 12.8 Å². The molecule has 1 aliphatic carbocycles. The SMILES string of the molecule is FC(F)CN(S)CC1CC1. The first-order chi connectivity index (χ1) is 4.68. The van der Waals surface area contributed by atoms with Crippen LogP contribution in [0.3, 0.4) is 0 Å². The van der Waals surface area contributed by atoms with Gasteiger partial charge in [-0.2, -0.15) is 0 Å². The molecule has 0 bridgehead atoms. The van der Waals surface area contributed by atoms with Crippen LogP contribution >= 0.6 is 12.8 Å². The molecule has 0 unspecified atom stereocenters. The average molecular weight is 167 g/mol. The molecule has 0 N–H and O–H groups in total. The van der Waals surface area contributed by atoms with E-state index < -0.39 is 6.43 Å². The van der Waals surface area contributed by atoms with E-state index in [1.807, 2.05) is 0 Å². The Labute approximate surface area is 64.9 Å². The lowest BCUT2D eigenvalue weighted by atomic mass is 10.4. The second-order valence-corrected chi connectivity index (χ2v) is 3.27. The lowest BCUT2D eigenvalue weighted by Crippen LogP contribution is -2.21. The molecule has 1 aliphatic rings. The maximum absolute atomic E-state index is 11.7. The Morgan fingerprint density at radius 1 is 1.50 bits per heavy atom. The fourth-order valence-corrected chi connectivity index (χ4v) is 1.19. The van der Waals surface area contributed by atoms with Crippen LogP contribution in [0, 0.1) is 5.92 Å². The predicted octanol–water partition coefficient (Wildman–Crippen LogP) is 1.81. The van der Waals surface area contributed by atoms with E-state index in [0.29, 0.717) is 12.5 Å². The molecule has 4 heteroatoms. The van der Waals surface area contributed by atoms with E-state index in [1.54, 1.807) is 0 Å². The van der Waals surface area contributed by atoms with Crippen molar-refractivity contribution in [3.05, 3.63) is 0 Å². The second-order valence-electron chi connectivity index (χ2n) is 2.71. The van der Waals surface area contributed by atoms with Gasteiger partial charge in [0, 0.05) is 6.54 Å². The third-order valence-electron chi connectivity index (χ3n) is 1.51. The summed E-state index contributed by atoms with van der Waals surface area (Å²) in [6.07, 6.45) is 0.108. The number of halogens is 2. The molecule has 0 aromatic heterocycles. The summed E-state index contributed by atoms with van der Waals surface area (Å²) in [7, 11) is 0. The van der Waals surface area contributed by atoms with Gasteiger partial charge in [-0.25, -0.2) is 13.1 Å². The van der Waals surface area contributed by atoms with Gasteiger partial charge >= 0.3 is 0 Å². The average Bonchev–Trinajstić information content (AvgIpc) is 2.46. The molecule has 0 spiro atoms. The van der Waals surface area contributed by atoms with Crippen molar-refractivity contribution in [1.29, 1.82) is 0 Å². The Kier molecular flexibility index (Phi) is 2.92. The molecule has 1 rings (SSSR count). The number of alkyl halides is 2. The first-order valence-corrected chi connectivity index (χ1v) is 3.80. The van der Waals surface area contributed by atoms with Crippen molar-refractivity contribution in [1.82, 2.24) is 4.31 Å². The van der Waals surface area contributed by atoms with Gasteiger partial charge in [-0.05, 0) is 18.8 Å². The van der Waals surface area contributed by atoms with Gasteiger partial charge in [-0.15, -0.1) is 0 Å². The lowest BCUT2D eigenvalue weighted by Gasteiger charge is -2.12. The molecule has 1 fully saturated rings. The third-order valence-corrected chi connectivity index (χ3v) is 1.84. The van der Waals surface area contributed by atoms with E-state index >= 15 is 0 Å². The summed E-state index contributed by atoms with van der Waals surface area (Å²) in [4.78, 5) is 0. The van der Waals surface area contributed by atoms with Crippen LogP contribution in [0.4, 0.5) is 8.78 Å². The van der Waals surface area contributed by atoms with Gasteiger partial charge in [0.25, 0.3) is 6.43 Å². The number of hydrogen-bond donors (Lipinski definition) is 1. The quantitative estimate of drug-likeness (QED) is 0.625. The van der Waals surface area contributed by atoms with E-state index in [4.69, 9.17) is 0 Å². The number of hydrogen-bond acceptors (Lipinski definition) is 2. The van der Waals surface area contributed by atoms with Crippen molar-refractivity contribution in [2.24, 2.45) is 5.92 Å². The standard InChI is InChI=1S/C6H11F2NS/c7-6(8)4-9(10)3-5-1-2-5/h5-6,10H,1-4H2. The normalized spacial score (nSPS) is 18.9. The van der Waals surface area contributed by atoms with E-state index in [0.717, 1.165) is 0 Å². The Balaban J connectivity index is 2.02. The first-order valence-electron chi connectivity index (χ1n) is 3.40. The van der Waals surface area contributed by atoms with Gasteiger partial charge in [0.1, 0.15) is 0 Å². The van der Waals surface area contributed by atoms with E-state index in [2.05, 4.69) is 12.8 Å². The molecule has 0 aromatic rings. The number of nitrogens with zero attached hydrogens (tertiary/aromatic N) is 1. The minimum atomic E-state index is -2.25. The monoisotopic (exact) mass is 167 g/mol. The molecular weight excluding hydrogens is 156 g/mol. The number of rotatable bonds is 4. The summed E-state index contributed by atoms with van der Waals surface area (Å²) in [6, 6.07) is 0. The predicted molar refractivity (Wildman–Crippen MR) is 39.3 cm³/mol. The largest absolute Gasteiger partial charge is 0.252 e. The van der Waals surface area contributed by atoms with E-state index in [1.165, 1.54) is 17.1 Å². The summed E-state index contributed by atoms with van der Waals surface area (Å²) in [5.74, 6) is 0.635. The van der Waals surface area contributed by atoms with Crippen LogP contribution in [-0.4, -0.2) is 23.8 Å². The maximum Gasteiger partial charge on any atom is 0.252 e. The van der Waals surface area contributed by atoms with Crippen LogP contribution in [0.2, 0.25) is 0 Å². The summed E-state index contributed by atoms with van der Waals surface area (Å²) in [6.45, 7) is 0.507. The zero-order valence-corrected chi connectivity index (χ0v) is 6.53. The van der Waals surface area contributed by atoms with Crippen molar-refractivity contribution in [2.45, 2.75) is 19.3 Å². The van der Waals surface area contributed by atoms with Crippen LogP contribution in [0.1, 0.15) is 12.8 Å². The molecule has 0 saturated heterocycles. The highest BCUT2D eigenvalue weighted by atomic mass is 32.1. The third kappa shape index (κ3) is 3.37. The van der Waals surface area contributed by atoms with Crippen LogP contribution in [0.25, 0.3) is 0 Å². The number of thiol groups is 1. The molecule has 1 nitrogen and oxygen atoms in total. The lowest BCUT2D eigenvalue weighted by molar-refractivity contribution is 0.123. The molecule has 0 radical (unpaired) electrons. The maximum atomic E-state index is 11.7. The van der Waals surface area contributed by atoms with Gasteiger partial charge in [0.05, 0.1) is 6.54 Å². The van der Waals surface area contributed by atoms with Crippen molar-refractivity contribution >= 4 is 12.8 Å². The van der Waals surface area contributed by atoms with Crippen LogP contribution in [-0.2, 0) is 0 Å². The smallest absolute Gasteiger partial charge is 0.247 e. The Morgan fingerprint density at radius 2 is 2.10 bits per heavy atom. The molecule has 0 atom stereocenters. The first kappa shape index (κ1) is 8.27. The van der Waals surface area contributed by atoms with Gasteiger partial charge in [0.2, 0.25) is 0 Å². The molecule has 0 amide bonds. The highest BCUT2D eigenvalue weighted by Gasteiger charge is 2.24. The molecule has 10 heavy (non-hydrogen) atoms. The van der Waals surface area contributed by atoms with Crippen LogP contribution < -0.4 is 0 Å². The van der Waals surface area contributed by atoms with Crippen molar-refractivity contribution < 1.29 is 8.78 Å². The molecule has 1 saturated carbocycles. The van der Waals surface area contributed by atoms with E-state index in [9.17, 15) is 8.78 Å².